The van der Waals surface area contributed by atoms with Gasteiger partial charge < -0.3 is 0 Å². The van der Waals surface area contributed by atoms with E-state index in [2.05, 4.69) is 0 Å². The van der Waals surface area contributed by atoms with Gasteiger partial charge in [0, 0.05) is 0 Å². The van der Waals surface area contributed by atoms with Crippen LogP contribution in [-0.4, -0.2) is 11.8 Å². The van der Waals surface area contributed by atoms with Crippen molar-refractivity contribution in [2.75, 3.05) is 4.90 Å². The van der Waals surface area contributed by atoms with Crippen LogP contribution < -0.4 is 4.90 Å². The minimum Gasteiger partial charge on any atom is -0.274 e. The van der Waals surface area contributed by atoms with E-state index >= 15 is 0 Å². The number of nitrogens with zero attached hydrogens (tertiary/aromatic N) is 1. The van der Waals surface area contributed by atoms with Crippen molar-refractivity contribution < 1.29 is 22.8 Å². The van der Waals surface area contributed by atoms with Crippen LogP contribution in [0, 0.1) is 23.7 Å². The predicted molar refractivity (Wildman–Crippen MR) is 81.3 cm³/mol. The van der Waals surface area contributed by atoms with Crippen molar-refractivity contribution in [3.05, 3.63) is 40.9 Å². The van der Waals surface area contributed by atoms with E-state index in [1.807, 2.05) is 12.2 Å². The average molecular weight is 356 g/mol. The van der Waals surface area contributed by atoms with Gasteiger partial charge in [-0.2, -0.15) is 13.2 Å². The summed E-state index contributed by atoms with van der Waals surface area (Å²) in [6.07, 6.45) is 0.958. The molecule has 0 radical (unpaired) electrons. The Hall–Kier alpha value is -1.82. The summed E-state index contributed by atoms with van der Waals surface area (Å²) in [6, 6.07) is 3.15. The second-order valence-electron chi connectivity index (χ2n) is 6.52. The van der Waals surface area contributed by atoms with Gasteiger partial charge in [0.2, 0.25) is 11.8 Å². The smallest absolute Gasteiger partial charge is 0.274 e. The van der Waals surface area contributed by atoms with Gasteiger partial charge >= 0.3 is 6.18 Å². The monoisotopic (exact) mass is 355 g/mol. The Labute approximate surface area is 141 Å². The molecule has 1 aliphatic heterocycles. The van der Waals surface area contributed by atoms with Crippen molar-refractivity contribution in [2.45, 2.75) is 19.0 Å². The van der Waals surface area contributed by atoms with Crippen LogP contribution in [0.15, 0.2) is 30.4 Å². The third-order valence-electron chi connectivity index (χ3n) is 5.27. The second-order valence-corrected chi connectivity index (χ2v) is 6.92. The minimum absolute atomic E-state index is 0.00385. The van der Waals surface area contributed by atoms with E-state index in [4.69, 9.17) is 11.6 Å². The van der Waals surface area contributed by atoms with E-state index < -0.39 is 40.4 Å². The molecule has 3 nitrogen and oxygen atoms in total. The van der Waals surface area contributed by atoms with E-state index in [-0.39, 0.29) is 17.5 Å². The lowest BCUT2D eigenvalue weighted by atomic mass is 9.63. The van der Waals surface area contributed by atoms with Crippen molar-refractivity contribution in [1.82, 2.24) is 0 Å². The van der Waals surface area contributed by atoms with Crippen molar-refractivity contribution in [3.63, 3.8) is 0 Å². The van der Waals surface area contributed by atoms with Crippen LogP contribution in [0.4, 0.5) is 18.9 Å². The highest BCUT2D eigenvalue weighted by atomic mass is 35.5. The number of rotatable bonds is 1. The summed E-state index contributed by atoms with van der Waals surface area (Å²) >= 11 is 5.62. The van der Waals surface area contributed by atoms with Gasteiger partial charge in [-0.15, -0.1) is 0 Å². The SMILES string of the molecule is O=C1[C@@H]2[C@H](C(=O)N1c1ccc(Cl)c(C(F)(F)F)c1)[C@@H]1C=C[C@H]2CC1. The average Bonchev–Trinajstić information content (AvgIpc) is 2.82. The van der Waals surface area contributed by atoms with Crippen LogP contribution in [0.3, 0.4) is 0 Å². The number of imide groups is 1. The van der Waals surface area contributed by atoms with Gasteiger partial charge in [0.25, 0.3) is 0 Å². The lowest BCUT2D eigenvalue weighted by Crippen LogP contribution is -2.38. The number of hydrogen-bond donors (Lipinski definition) is 0. The molecular formula is C17H13ClF3NO2. The molecule has 2 bridgehead atoms. The van der Waals surface area contributed by atoms with Crippen molar-refractivity contribution in [1.29, 1.82) is 0 Å². The fourth-order valence-corrected chi connectivity index (χ4v) is 4.42. The van der Waals surface area contributed by atoms with Crippen LogP contribution in [0.5, 0.6) is 0 Å². The van der Waals surface area contributed by atoms with Crippen LogP contribution >= 0.6 is 11.6 Å². The van der Waals surface area contributed by atoms with Crippen LogP contribution in [0.2, 0.25) is 5.02 Å². The number of alkyl halides is 3. The first-order chi connectivity index (χ1) is 11.3. The number of amides is 2. The number of hydrogen-bond acceptors (Lipinski definition) is 2. The third-order valence-corrected chi connectivity index (χ3v) is 5.60. The topological polar surface area (TPSA) is 37.4 Å². The molecule has 2 fully saturated rings. The van der Waals surface area contributed by atoms with Crippen LogP contribution in [0.1, 0.15) is 18.4 Å². The lowest BCUT2D eigenvalue weighted by Gasteiger charge is -2.38. The Morgan fingerprint density at radius 1 is 1.00 bits per heavy atom. The van der Waals surface area contributed by atoms with Gasteiger partial charge in [0.1, 0.15) is 0 Å². The Kier molecular flexibility index (Phi) is 3.33. The molecule has 7 heteroatoms. The molecule has 2 amide bonds. The number of benzene rings is 1. The molecule has 0 unspecified atom stereocenters. The molecular weight excluding hydrogens is 343 g/mol. The summed E-state index contributed by atoms with van der Waals surface area (Å²) in [4.78, 5) is 26.4. The summed E-state index contributed by atoms with van der Waals surface area (Å²) in [6.45, 7) is 0. The summed E-state index contributed by atoms with van der Waals surface area (Å²) < 4.78 is 39.2. The molecule has 126 valence electrons. The number of carbonyl (C=O) groups excluding carboxylic acids is 2. The van der Waals surface area contributed by atoms with E-state index in [0.717, 1.165) is 29.9 Å². The Balaban J connectivity index is 1.76. The largest absolute Gasteiger partial charge is 0.417 e. The zero-order valence-electron chi connectivity index (χ0n) is 12.4. The van der Waals surface area contributed by atoms with Crippen molar-refractivity contribution >= 4 is 29.1 Å². The maximum absolute atomic E-state index is 13.1. The standard InChI is InChI=1S/C17H13ClF3NO2/c18-12-6-5-10(7-11(12)17(19,20)21)22-15(23)13-8-1-2-9(4-3-8)14(13)16(22)24/h1-2,5-9,13-14H,3-4H2/t8-,9+,13-,14+. The zero-order chi connectivity index (χ0) is 17.2. The first-order valence-electron chi connectivity index (χ1n) is 7.72. The molecule has 1 aromatic rings. The first kappa shape index (κ1) is 15.7. The fraction of sp³-hybridized carbons (Fsp3) is 0.412. The summed E-state index contributed by atoms with van der Waals surface area (Å²) in [7, 11) is 0. The Bertz CT molecular complexity index is 742. The van der Waals surface area contributed by atoms with Gasteiger partial charge in [0.15, 0.2) is 0 Å². The van der Waals surface area contributed by atoms with E-state index in [1.165, 1.54) is 6.07 Å². The highest BCUT2D eigenvalue weighted by molar-refractivity contribution is 6.31. The molecule has 24 heavy (non-hydrogen) atoms. The number of carbonyl (C=O) groups is 2. The molecule has 5 rings (SSSR count). The minimum atomic E-state index is -4.65. The highest BCUT2D eigenvalue weighted by Crippen LogP contribution is 2.50. The van der Waals surface area contributed by atoms with Crippen LogP contribution in [0.25, 0.3) is 0 Å². The maximum atomic E-state index is 13.1. The molecule has 1 aromatic carbocycles. The van der Waals surface area contributed by atoms with E-state index in [1.54, 1.807) is 0 Å². The van der Waals surface area contributed by atoms with E-state index in [0.29, 0.717) is 0 Å². The molecule has 1 heterocycles. The van der Waals surface area contributed by atoms with Crippen molar-refractivity contribution in [2.24, 2.45) is 23.7 Å². The molecule has 0 aromatic heterocycles. The molecule has 1 saturated heterocycles. The number of anilines is 1. The first-order valence-corrected chi connectivity index (χ1v) is 8.09. The second kappa shape index (κ2) is 5.09. The molecule has 3 aliphatic carbocycles. The summed E-state index contributed by atoms with van der Waals surface area (Å²) in [5.74, 6) is -1.72. The Morgan fingerprint density at radius 2 is 1.54 bits per heavy atom. The third kappa shape index (κ3) is 2.12. The van der Waals surface area contributed by atoms with Crippen LogP contribution in [-0.2, 0) is 15.8 Å². The highest BCUT2D eigenvalue weighted by Gasteiger charge is 2.57. The lowest BCUT2D eigenvalue weighted by molar-refractivity contribution is -0.137. The molecule has 4 atom stereocenters. The number of fused-ring (bicyclic) bond motifs is 1. The van der Waals surface area contributed by atoms with Gasteiger partial charge in [0.05, 0.1) is 28.1 Å². The van der Waals surface area contributed by atoms with Gasteiger partial charge in [-0.05, 0) is 42.9 Å². The molecule has 1 saturated carbocycles. The number of halogens is 4. The quantitative estimate of drug-likeness (QED) is 0.562. The van der Waals surface area contributed by atoms with Gasteiger partial charge in [-0.3, -0.25) is 14.5 Å². The molecule has 0 N–H and O–H groups in total. The van der Waals surface area contributed by atoms with Crippen molar-refractivity contribution in [3.8, 4) is 0 Å². The zero-order valence-corrected chi connectivity index (χ0v) is 13.1. The normalized spacial score (nSPS) is 31.8. The summed E-state index contributed by atoms with van der Waals surface area (Å²) in [5, 5.41) is -0.454. The molecule has 0 spiro atoms. The number of allylic oxidation sites excluding steroid dienone is 2. The Morgan fingerprint density at radius 3 is 2.00 bits per heavy atom. The van der Waals surface area contributed by atoms with Gasteiger partial charge in [-0.25, -0.2) is 0 Å². The van der Waals surface area contributed by atoms with Gasteiger partial charge in [-0.1, -0.05) is 23.8 Å². The molecule has 4 aliphatic rings. The summed E-state index contributed by atoms with van der Waals surface area (Å²) in [5.41, 5.74) is -1.10. The van der Waals surface area contributed by atoms with E-state index in [9.17, 15) is 22.8 Å². The fourth-order valence-electron chi connectivity index (χ4n) is 4.20. The maximum Gasteiger partial charge on any atom is 0.417 e. The predicted octanol–water partition coefficient (Wildman–Crippen LogP) is 4.06.